The summed E-state index contributed by atoms with van der Waals surface area (Å²) in [6, 6.07) is 6.30. The smallest absolute Gasteiger partial charge is 0.235 e. The molecule has 1 aromatic rings. The van der Waals surface area contributed by atoms with Gasteiger partial charge < -0.3 is 4.74 Å². The van der Waals surface area contributed by atoms with Crippen LogP contribution < -0.4 is 4.74 Å². The maximum Gasteiger partial charge on any atom is 0.235 e. The van der Waals surface area contributed by atoms with Crippen molar-refractivity contribution in [3.8, 4) is 5.75 Å². The highest BCUT2D eigenvalue weighted by atomic mass is 35.7. The third-order valence-electron chi connectivity index (χ3n) is 1.82. The van der Waals surface area contributed by atoms with Crippen LogP contribution in [0.3, 0.4) is 0 Å². The molecule has 1 aromatic carbocycles. The Balaban J connectivity index is 2.95. The third kappa shape index (κ3) is 3.68. The summed E-state index contributed by atoms with van der Waals surface area (Å²) in [6.07, 6.45) is -1.68. The van der Waals surface area contributed by atoms with E-state index in [1.54, 1.807) is 18.2 Å². The van der Waals surface area contributed by atoms with Crippen molar-refractivity contribution in [3.05, 3.63) is 29.8 Å². The Morgan fingerprint density at radius 3 is 2.60 bits per heavy atom. The molecule has 0 heterocycles. The fourth-order valence-electron chi connectivity index (χ4n) is 1.19. The van der Waals surface area contributed by atoms with Gasteiger partial charge in [-0.05, 0) is 6.07 Å². The number of para-hydroxylation sites is 1. The van der Waals surface area contributed by atoms with E-state index in [-0.39, 0.29) is 5.56 Å². The Labute approximate surface area is 92.2 Å². The first kappa shape index (κ1) is 12.3. The van der Waals surface area contributed by atoms with Gasteiger partial charge in [-0.25, -0.2) is 12.8 Å². The molecule has 0 saturated carbocycles. The summed E-state index contributed by atoms with van der Waals surface area (Å²) >= 11 is 0. The average molecular weight is 253 g/mol. The minimum Gasteiger partial charge on any atom is -0.496 e. The van der Waals surface area contributed by atoms with Gasteiger partial charge in [0.1, 0.15) is 17.7 Å². The van der Waals surface area contributed by atoms with Crippen LogP contribution >= 0.6 is 10.7 Å². The monoisotopic (exact) mass is 252 g/mol. The topological polar surface area (TPSA) is 43.4 Å². The van der Waals surface area contributed by atoms with Crippen molar-refractivity contribution < 1.29 is 17.5 Å². The van der Waals surface area contributed by atoms with Gasteiger partial charge in [0.05, 0.1) is 7.11 Å². The largest absolute Gasteiger partial charge is 0.496 e. The number of alkyl halides is 1. The number of ether oxygens (including phenoxy) is 1. The lowest BCUT2D eigenvalue weighted by atomic mass is 10.1. The van der Waals surface area contributed by atoms with Gasteiger partial charge in [-0.2, -0.15) is 0 Å². The zero-order valence-corrected chi connectivity index (χ0v) is 9.56. The van der Waals surface area contributed by atoms with Gasteiger partial charge in [-0.3, -0.25) is 0 Å². The summed E-state index contributed by atoms with van der Waals surface area (Å²) in [6.45, 7) is 0. The van der Waals surface area contributed by atoms with Crippen LogP contribution in [-0.2, 0) is 9.05 Å². The van der Waals surface area contributed by atoms with E-state index >= 15 is 0 Å². The molecule has 84 valence electrons. The highest BCUT2D eigenvalue weighted by molar-refractivity contribution is 8.13. The minimum absolute atomic E-state index is 0.184. The molecule has 0 saturated heterocycles. The first-order valence-corrected chi connectivity index (χ1v) is 6.61. The Bertz CT molecular complexity index is 433. The van der Waals surface area contributed by atoms with Crippen LogP contribution in [0, 0.1) is 0 Å². The molecule has 0 bridgehead atoms. The molecule has 0 aliphatic carbocycles. The third-order valence-corrected chi connectivity index (χ3v) is 2.89. The summed E-state index contributed by atoms with van der Waals surface area (Å²) in [5.74, 6) is -0.445. The van der Waals surface area contributed by atoms with E-state index in [1.807, 2.05) is 0 Å². The number of methoxy groups -OCH3 is 1. The van der Waals surface area contributed by atoms with Gasteiger partial charge in [0.25, 0.3) is 0 Å². The van der Waals surface area contributed by atoms with Crippen molar-refractivity contribution in [2.75, 3.05) is 12.9 Å². The van der Waals surface area contributed by atoms with Crippen molar-refractivity contribution in [2.45, 2.75) is 6.17 Å². The quantitative estimate of drug-likeness (QED) is 0.772. The van der Waals surface area contributed by atoms with E-state index in [1.165, 1.54) is 13.2 Å². The van der Waals surface area contributed by atoms with Gasteiger partial charge >= 0.3 is 0 Å². The molecule has 1 atom stereocenters. The predicted molar refractivity (Wildman–Crippen MR) is 56.5 cm³/mol. The zero-order valence-electron chi connectivity index (χ0n) is 7.98. The first-order valence-electron chi connectivity index (χ1n) is 4.13. The van der Waals surface area contributed by atoms with Gasteiger partial charge in [-0.15, -0.1) is 0 Å². The zero-order chi connectivity index (χ0) is 11.5. The molecular formula is C9H10ClFO3S. The van der Waals surface area contributed by atoms with E-state index in [0.29, 0.717) is 5.75 Å². The normalized spacial score (nSPS) is 13.5. The van der Waals surface area contributed by atoms with Crippen LogP contribution in [0.15, 0.2) is 24.3 Å². The predicted octanol–water partition coefficient (Wildman–Crippen LogP) is 2.27. The lowest BCUT2D eigenvalue weighted by Gasteiger charge is -2.10. The summed E-state index contributed by atoms with van der Waals surface area (Å²) < 4.78 is 39.8. The average Bonchev–Trinajstić information content (AvgIpc) is 2.15. The maximum atomic E-state index is 13.5. The van der Waals surface area contributed by atoms with E-state index in [2.05, 4.69) is 0 Å². The summed E-state index contributed by atoms with van der Waals surface area (Å²) in [5.41, 5.74) is 0.184. The van der Waals surface area contributed by atoms with E-state index in [4.69, 9.17) is 15.4 Å². The molecule has 0 amide bonds. The molecule has 0 radical (unpaired) electrons. The molecular weight excluding hydrogens is 243 g/mol. The lowest BCUT2D eigenvalue weighted by Crippen LogP contribution is -2.06. The van der Waals surface area contributed by atoms with Crippen LogP contribution in [0.4, 0.5) is 4.39 Å². The van der Waals surface area contributed by atoms with E-state index in [0.717, 1.165) is 0 Å². The van der Waals surface area contributed by atoms with Gasteiger partial charge in [0.15, 0.2) is 0 Å². The van der Waals surface area contributed by atoms with Crippen LogP contribution in [0.5, 0.6) is 5.75 Å². The fraction of sp³-hybridized carbons (Fsp3) is 0.333. The van der Waals surface area contributed by atoms with Gasteiger partial charge in [0.2, 0.25) is 9.05 Å². The first-order chi connectivity index (χ1) is 6.94. The van der Waals surface area contributed by atoms with Crippen LogP contribution in [0.1, 0.15) is 11.7 Å². The maximum absolute atomic E-state index is 13.5. The van der Waals surface area contributed by atoms with Crippen molar-refractivity contribution >= 4 is 19.7 Å². The van der Waals surface area contributed by atoms with E-state index < -0.39 is 21.0 Å². The standard InChI is InChI=1S/C9H10ClFO3S/c1-14-9-5-3-2-4-7(9)8(11)6-15(10,12)13/h2-5,8H,6H2,1H3. The Kier molecular flexibility index (Phi) is 3.93. The van der Waals surface area contributed by atoms with Gasteiger partial charge in [0, 0.05) is 16.2 Å². The Hall–Kier alpha value is -0.810. The molecule has 0 N–H and O–H groups in total. The second-order valence-electron chi connectivity index (χ2n) is 2.91. The summed E-state index contributed by atoms with van der Waals surface area (Å²) in [7, 11) is 2.50. The van der Waals surface area contributed by atoms with Crippen LogP contribution in [0.25, 0.3) is 0 Å². The molecule has 3 nitrogen and oxygen atoms in total. The molecule has 0 aromatic heterocycles. The molecule has 0 spiro atoms. The highest BCUT2D eigenvalue weighted by Gasteiger charge is 2.20. The molecule has 0 aliphatic rings. The lowest BCUT2D eigenvalue weighted by molar-refractivity contribution is 0.348. The van der Waals surface area contributed by atoms with Gasteiger partial charge in [-0.1, -0.05) is 18.2 Å². The second-order valence-corrected chi connectivity index (χ2v) is 5.74. The molecule has 0 fully saturated rings. The fourth-order valence-corrected chi connectivity index (χ4v) is 2.05. The van der Waals surface area contributed by atoms with Crippen molar-refractivity contribution in [2.24, 2.45) is 0 Å². The number of hydrogen-bond donors (Lipinski definition) is 0. The number of halogens is 2. The second kappa shape index (κ2) is 4.81. The molecule has 0 aliphatic heterocycles. The highest BCUT2D eigenvalue weighted by Crippen LogP contribution is 2.29. The molecule has 1 rings (SSSR count). The molecule has 15 heavy (non-hydrogen) atoms. The SMILES string of the molecule is COc1ccccc1C(F)CS(=O)(=O)Cl. The number of rotatable bonds is 4. The minimum atomic E-state index is -3.85. The number of benzene rings is 1. The summed E-state index contributed by atoms with van der Waals surface area (Å²) in [5, 5.41) is 0. The Morgan fingerprint density at radius 2 is 2.07 bits per heavy atom. The van der Waals surface area contributed by atoms with Crippen molar-refractivity contribution in [1.29, 1.82) is 0 Å². The van der Waals surface area contributed by atoms with Crippen molar-refractivity contribution in [3.63, 3.8) is 0 Å². The van der Waals surface area contributed by atoms with Crippen LogP contribution in [0.2, 0.25) is 0 Å². The molecule has 6 heteroatoms. The van der Waals surface area contributed by atoms with Crippen molar-refractivity contribution in [1.82, 2.24) is 0 Å². The van der Waals surface area contributed by atoms with Crippen LogP contribution in [-0.4, -0.2) is 21.3 Å². The number of hydrogen-bond acceptors (Lipinski definition) is 3. The Morgan fingerprint density at radius 1 is 1.47 bits per heavy atom. The summed E-state index contributed by atoms with van der Waals surface area (Å²) in [4.78, 5) is 0. The molecule has 1 unspecified atom stereocenters. The van der Waals surface area contributed by atoms with E-state index in [9.17, 15) is 12.8 Å².